The van der Waals surface area contributed by atoms with E-state index < -0.39 is 0 Å². The number of benzene rings is 1. The van der Waals surface area contributed by atoms with Crippen LogP contribution in [0, 0.1) is 6.92 Å². The van der Waals surface area contributed by atoms with Crippen LogP contribution in [0.5, 0.6) is 0 Å². The lowest BCUT2D eigenvalue weighted by atomic mass is 9.87. The van der Waals surface area contributed by atoms with E-state index in [0.717, 1.165) is 87.3 Å². The maximum atomic E-state index is 6.19. The van der Waals surface area contributed by atoms with Crippen molar-refractivity contribution in [3.05, 3.63) is 29.6 Å². The van der Waals surface area contributed by atoms with E-state index in [-0.39, 0.29) is 6.04 Å². The van der Waals surface area contributed by atoms with Crippen LogP contribution in [0.3, 0.4) is 0 Å². The predicted molar refractivity (Wildman–Crippen MR) is 117 cm³/mol. The van der Waals surface area contributed by atoms with Crippen LogP contribution >= 0.6 is 0 Å². The highest BCUT2D eigenvalue weighted by Crippen LogP contribution is 2.34. The molecule has 1 aromatic carbocycles. The van der Waals surface area contributed by atoms with E-state index in [2.05, 4.69) is 30.0 Å². The standard InChI is InChI=1S/C23H31N5O/c1-15-2-7-21-20(12-15)23(28-10-8-17(24)14-28)27-22(26-21)16-3-5-18(6-4-16)25-13-19-9-11-29-19/h2,7,12,16-17,19H,3-6,8-11,13-14,24H2,1H3/t16?,17-,19?/m1/s1. The van der Waals surface area contributed by atoms with Gasteiger partial charge in [-0.3, -0.25) is 4.99 Å². The quantitative estimate of drug-likeness (QED) is 0.862. The first-order valence-electron chi connectivity index (χ1n) is 11.1. The van der Waals surface area contributed by atoms with E-state index >= 15 is 0 Å². The molecule has 0 amide bonds. The summed E-state index contributed by atoms with van der Waals surface area (Å²) in [6, 6.07) is 6.74. The summed E-state index contributed by atoms with van der Waals surface area (Å²) in [6.07, 6.45) is 6.82. The number of rotatable bonds is 4. The van der Waals surface area contributed by atoms with Gasteiger partial charge in [-0.15, -0.1) is 0 Å². The van der Waals surface area contributed by atoms with Crippen molar-refractivity contribution in [2.75, 3.05) is 31.1 Å². The molecule has 1 saturated carbocycles. The zero-order chi connectivity index (χ0) is 19.8. The number of aliphatic imine (C=N–C) groups is 1. The van der Waals surface area contributed by atoms with Gasteiger partial charge in [-0.1, -0.05) is 11.6 Å². The molecule has 1 aliphatic carbocycles. The maximum absolute atomic E-state index is 6.19. The molecule has 5 rings (SSSR count). The number of aryl methyl sites for hydroxylation is 1. The fourth-order valence-electron chi connectivity index (χ4n) is 4.67. The summed E-state index contributed by atoms with van der Waals surface area (Å²) in [5.74, 6) is 2.48. The summed E-state index contributed by atoms with van der Waals surface area (Å²) in [6.45, 7) is 5.73. The van der Waals surface area contributed by atoms with Gasteiger partial charge in [0.1, 0.15) is 11.6 Å². The van der Waals surface area contributed by atoms with Gasteiger partial charge >= 0.3 is 0 Å². The van der Waals surface area contributed by atoms with Crippen LogP contribution in [0.1, 0.15) is 55.8 Å². The first-order chi connectivity index (χ1) is 14.2. The monoisotopic (exact) mass is 393 g/mol. The average Bonchev–Trinajstić information content (AvgIpc) is 3.13. The smallest absolute Gasteiger partial charge is 0.140 e. The lowest BCUT2D eigenvalue weighted by molar-refractivity contribution is -0.0432. The second-order valence-corrected chi connectivity index (χ2v) is 8.88. The third-order valence-corrected chi connectivity index (χ3v) is 6.61. The predicted octanol–water partition coefficient (Wildman–Crippen LogP) is 3.36. The Kier molecular flexibility index (Phi) is 5.22. The van der Waals surface area contributed by atoms with E-state index in [9.17, 15) is 0 Å². The lowest BCUT2D eigenvalue weighted by Gasteiger charge is -2.27. The summed E-state index contributed by atoms with van der Waals surface area (Å²) in [5, 5.41) is 1.15. The SMILES string of the molecule is Cc1ccc2nc(C3CCC(=NCC4CCO4)CC3)nc(N3CC[C@@H](N)C3)c2c1. The minimum atomic E-state index is 0.237. The number of hydrogen-bond donors (Lipinski definition) is 1. The number of fused-ring (bicyclic) bond motifs is 1. The molecule has 2 N–H and O–H groups in total. The summed E-state index contributed by atoms with van der Waals surface area (Å²) in [4.78, 5) is 17.3. The number of nitrogens with zero attached hydrogens (tertiary/aromatic N) is 4. The average molecular weight is 394 g/mol. The molecule has 29 heavy (non-hydrogen) atoms. The van der Waals surface area contributed by atoms with Gasteiger partial charge in [-0.2, -0.15) is 0 Å². The third kappa shape index (κ3) is 4.01. The Balaban J connectivity index is 1.38. The van der Waals surface area contributed by atoms with Gasteiger partial charge in [-0.25, -0.2) is 9.97 Å². The fourth-order valence-corrected chi connectivity index (χ4v) is 4.67. The molecule has 2 aromatic rings. The number of hydrogen-bond acceptors (Lipinski definition) is 6. The van der Waals surface area contributed by atoms with Gasteiger partial charge in [0.2, 0.25) is 0 Å². The zero-order valence-corrected chi connectivity index (χ0v) is 17.3. The Hall–Kier alpha value is -2.05. The number of nitrogens with two attached hydrogens (primary N) is 1. The van der Waals surface area contributed by atoms with E-state index in [1.54, 1.807) is 0 Å². The summed E-state index contributed by atoms with van der Waals surface area (Å²) in [5.41, 5.74) is 9.83. The van der Waals surface area contributed by atoms with E-state index in [1.165, 1.54) is 11.3 Å². The van der Waals surface area contributed by atoms with Crippen LogP contribution in [0.4, 0.5) is 5.82 Å². The molecule has 1 unspecified atom stereocenters. The number of anilines is 1. The van der Waals surface area contributed by atoms with Crippen molar-refractivity contribution in [1.82, 2.24) is 9.97 Å². The molecule has 2 atom stereocenters. The molecule has 6 nitrogen and oxygen atoms in total. The second-order valence-electron chi connectivity index (χ2n) is 8.88. The van der Waals surface area contributed by atoms with Crippen LogP contribution in [-0.2, 0) is 4.74 Å². The molecule has 0 spiro atoms. The lowest BCUT2D eigenvalue weighted by Crippen LogP contribution is -2.30. The van der Waals surface area contributed by atoms with Crippen molar-refractivity contribution < 1.29 is 4.74 Å². The highest BCUT2D eigenvalue weighted by Gasteiger charge is 2.27. The molecule has 154 valence electrons. The minimum absolute atomic E-state index is 0.237. The Morgan fingerprint density at radius 2 is 2.00 bits per heavy atom. The molecule has 2 saturated heterocycles. The number of aromatic nitrogens is 2. The second kappa shape index (κ2) is 8.00. The van der Waals surface area contributed by atoms with Crippen LogP contribution in [0.25, 0.3) is 10.9 Å². The summed E-state index contributed by atoms with van der Waals surface area (Å²) < 4.78 is 5.49. The number of ether oxygens (including phenoxy) is 1. The van der Waals surface area contributed by atoms with Crippen molar-refractivity contribution in [2.45, 2.75) is 63.5 Å². The van der Waals surface area contributed by atoms with Gasteiger partial charge in [-0.05, 0) is 57.6 Å². The van der Waals surface area contributed by atoms with Crippen LogP contribution in [-0.4, -0.2) is 54.1 Å². The van der Waals surface area contributed by atoms with Crippen molar-refractivity contribution >= 4 is 22.4 Å². The third-order valence-electron chi connectivity index (χ3n) is 6.61. The highest BCUT2D eigenvalue weighted by atomic mass is 16.5. The Labute approximate surface area is 172 Å². The van der Waals surface area contributed by atoms with Crippen molar-refractivity contribution in [2.24, 2.45) is 10.7 Å². The van der Waals surface area contributed by atoms with Gasteiger partial charge in [0.05, 0.1) is 18.2 Å². The van der Waals surface area contributed by atoms with Crippen LogP contribution in [0.15, 0.2) is 23.2 Å². The summed E-state index contributed by atoms with van der Waals surface area (Å²) in [7, 11) is 0. The molecular weight excluding hydrogens is 362 g/mol. The normalized spacial score (nSPS) is 27.3. The molecule has 3 aliphatic rings. The first-order valence-corrected chi connectivity index (χ1v) is 11.1. The molecular formula is C23H31N5O. The summed E-state index contributed by atoms with van der Waals surface area (Å²) >= 11 is 0. The fraction of sp³-hybridized carbons (Fsp3) is 0.609. The van der Waals surface area contributed by atoms with Gasteiger partial charge in [0, 0.05) is 42.8 Å². The minimum Gasteiger partial charge on any atom is -0.376 e. The van der Waals surface area contributed by atoms with Gasteiger partial charge in [0.25, 0.3) is 0 Å². The first kappa shape index (κ1) is 18.9. The molecule has 6 heteroatoms. The zero-order valence-electron chi connectivity index (χ0n) is 17.3. The van der Waals surface area contributed by atoms with Crippen LogP contribution < -0.4 is 10.6 Å². The van der Waals surface area contributed by atoms with Crippen molar-refractivity contribution in [3.8, 4) is 0 Å². The molecule has 0 radical (unpaired) electrons. The largest absolute Gasteiger partial charge is 0.376 e. The van der Waals surface area contributed by atoms with E-state index in [4.69, 9.17) is 25.4 Å². The topological polar surface area (TPSA) is 76.6 Å². The molecule has 0 bridgehead atoms. The Morgan fingerprint density at radius 3 is 2.69 bits per heavy atom. The Bertz CT molecular complexity index is 913. The van der Waals surface area contributed by atoms with Crippen molar-refractivity contribution in [3.63, 3.8) is 0 Å². The Morgan fingerprint density at radius 1 is 1.17 bits per heavy atom. The molecule has 3 heterocycles. The van der Waals surface area contributed by atoms with Crippen molar-refractivity contribution in [1.29, 1.82) is 0 Å². The molecule has 2 aliphatic heterocycles. The van der Waals surface area contributed by atoms with Crippen LogP contribution in [0.2, 0.25) is 0 Å². The van der Waals surface area contributed by atoms with Gasteiger partial charge in [0.15, 0.2) is 0 Å². The van der Waals surface area contributed by atoms with E-state index in [1.807, 2.05) is 0 Å². The highest BCUT2D eigenvalue weighted by molar-refractivity contribution is 5.90. The molecule has 1 aromatic heterocycles. The molecule has 3 fully saturated rings. The maximum Gasteiger partial charge on any atom is 0.140 e. The van der Waals surface area contributed by atoms with Gasteiger partial charge < -0.3 is 15.4 Å². The van der Waals surface area contributed by atoms with E-state index in [0.29, 0.717) is 12.0 Å².